The predicted octanol–water partition coefficient (Wildman–Crippen LogP) is 3.87. The third-order valence-electron chi connectivity index (χ3n) is 4.27. The van der Waals surface area contributed by atoms with Gasteiger partial charge in [-0.3, -0.25) is 9.59 Å². The van der Waals surface area contributed by atoms with Gasteiger partial charge in [0.1, 0.15) is 5.75 Å². The summed E-state index contributed by atoms with van der Waals surface area (Å²) in [6, 6.07) is 9.58. The predicted molar refractivity (Wildman–Crippen MR) is 98.9 cm³/mol. The number of anilines is 1. The van der Waals surface area contributed by atoms with Gasteiger partial charge in [-0.25, -0.2) is 0 Å². The second kappa shape index (κ2) is 7.75. The molecule has 0 spiro atoms. The van der Waals surface area contributed by atoms with Crippen molar-refractivity contribution in [3.63, 3.8) is 0 Å². The van der Waals surface area contributed by atoms with Crippen molar-refractivity contribution < 1.29 is 27.9 Å². The Balaban J connectivity index is 1.65. The molecule has 28 heavy (non-hydrogen) atoms. The number of aromatic hydroxyl groups is 1. The van der Waals surface area contributed by atoms with Crippen molar-refractivity contribution in [2.24, 2.45) is 0 Å². The van der Waals surface area contributed by atoms with Crippen LogP contribution in [0.4, 0.5) is 18.9 Å². The lowest BCUT2D eigenvalue weighted by molar-refractivity contribution is -0.137. The van der Waals surface area contributed by atoms with Crippen molar-refractivity contribution in [2.45, 2.75) is 29.3 Å². The molecule has 1 unspecified atom stereocenters. The molecular weight excluding hydrogens is 393 g/mol. The molecule has 2 N–H and O–H groups in total. The van der Waals surface area contributed by atoms with Crippen LogP contribution in [0.3, 0.4) is 0 Å². The molecule has 148 valence electrons. The molecule has 1 aliphatic heterocycles. The molecule has 0 saturated carbocycles. The lowest BCUT2D eigenvalue weighted by Gasteiger charge is -2.26. The van der Waals surface area contributed by atoms with Crippen LogP contribution < -0.4 is 5.32 Å². The van der Waals surface area contributed by atoms with Gasteiger partial charge in [-0.15, -0.1) is 11.8 Å². The summed E-state index contributed by atoms with van der Waals surface area (Å²) in [4.78, 5) is 26.7. The standard InChI is InChI=1S/C19H17F3N2O3S/c1-24(10-11-2-5-13(25)6-3-11)17(26)9-16-18(27)23-14-8-12(19(20,21)22)4-7-15(14)28-16/h2-8,16,25H,9-10H2,1H3,(H,23,27). The fourth-order valence-corrected chi connectivity index (χ4v) is 3.82. The minimum Gasteiger partial charge on any atom is -0.508 e. The van der Waals surface area contributed by atoms with E-state index >= 15 is 0 Å². The van der Waals surface area contributed by atoms with Crippen molar-refractivity contribution in [1.82, 2.24) is 4.90 Å². The number of amides is 2. The van der Waals surface area contributed by atoms with Gasteiger partial charge in [0.2, 0.25) is 11.8 Å². The molecular formula is C19H17F3N2O3S. The number of hydrogen-bond donors (Lipinski definition) is 2. The molecule has 9 heteroatoms. The molecule has 1 aliphatic rings. The Morgan fingerprint density at radius 3 is 2.54 bits per heavy atom. The van der Waals surface area contributed by atoms with Crippen LogP contribution in [0, 0.1) is 0 Å². The highest BCUT2D eigenvalue weighted by Crippen LogP contribution is 2.40. The zero-order chi connectivity index (χ0) is 20.5. The van der Waals surface area contributed by atoms with Gasteiger partial charge in [0.05, 0.1) is 16.5 Å². The lowest BCUT2D eigenvalue weighted by atomic mass is 10.1. The Kier molecular flexibility index (Phi) is 5.55. The van der Waals surface area contributed by atoms with E-state index in [0.29, 0.717) is 11.4 Å². The summed E-state index contributed by atoms with van der Waals surface area (Å²) in [5.41, 5.74) is 0.0840. The maximum Gasteiger partial charge on any atom is 0.416 e. The van der Waals surface area contributed by atoms with Crippen LogP contribution >= 0.6 is 11.8 Å². The molecule has 0 bridgehead atoms. The van der Waals surface area contributed by atoms with Crippen molar-refractivity contribution >= 4 is 29.3 Å². The Labute approximate surface area is 163 Å². The van der Waals surface area contributed by atoms with Crippen molar-refractivity contribution in [3.05, 3.63) is 53.6 Å². The number of carbonyl (C=O) groups is 2. The fraction of sp³-hybridized carbons (Fsp3) is 0.263. The molecule has 0 radical (unpaired) electrons. The van der Waals surface area contributed by atoms with Crippen molar-refractivity contribution in [3.8, 4) is 5.75 Å². The van der Waals surface area contributed by atoms with Gasteiger partial charge in [0.25, 0.3) is 0 Å². The molecule has 0 fully saturated rings. The molecule has 1 atom stereocenters. The van der Waals surface area contributed by atoms with Gasteiger partial charge in [-0.1, -0.05) is 12.1 Å². The van der Waals surface area contributed by atoms with E-state index in [1.54, 1.807) is 19.2 Å². The number of phenols is 1. The number of thioether (sulfide) groups is 1. The van der Waals surface area contributed by atoms with Crippen LogP contribution in [-0.4, -0.2) is 34.1 Å². The van der Waals surface area contributed by atoms with E-state index in [1.807, 2.05) is 0 Å². The van der Waals surface area contributed by atoms with E-state index in [2.05, 4.69) is 5.32 Å². The third kappa shape index (κ3) is 4.59. The average molecular weight is 410 g/mol. The number of nitrogens with zero attached hydrogens (tertiary/aromatic N) is 1. The van der Waals surface area contributed by atoms with Gasteiger partial charge in [0, 0.05) is 24.9 Å². The number of rotatable bonds is 4. The average Bonchev–Trinajstić information content (AvgIpc) is 2.63. The van der Waals surface area contributed by atoms with E-state index < -0.39 is 22.9 Å². The van der Waals surface area contributed by atoms with Gasteiger partial charge < -0.3 is 15.3 Å². The highest BCUT2D eigenvalue weighted by atomic mass is 32.2. The zero-order valence-corrected chi connectivity index (χ0v) is 15.6. The first-order valence-electron chi connectivity index (χ1n) is 8.34. The number of fused-ring (bicyclic) bond motifs is 1. The summed E-state index contributed by atoms with van der Waals surface area (Å²) in [6.07, 6.45) is -4.57. The van der Waals surface area contributed by atoms with Gasteiger partial charge >= 0.3 is 6.18 Å². The second-order valence-electron chi connectivity index (χ2n) is 6.42. The minimum atomic E-state index is -4.49. The van der Waals surface area contributed by atoms with Gasteiger partial charge in [-0.2, -0.15) is 13.2 Å². The van der Waals surface area contributed by atoms with E-state index in [9.17, 15) is 27.9 Å². The first-order valence-corrected chi connectivity index (χ1v) is 9.22. The largest absolute Gasteiger partial charge is 0.508 e. The Bertz CT molecular complexity index is 900. The number of halogens is 3. The summed E-state index contributed by atoms with van der Waals surface area (Å²) in [6.45, 7) is 0.309. The quantitative estimate of drug-likeness (QED) is 0.803. The maximum atomic E-state index is 12.8. The molecule has 0 aliphatic carbocycles. The van der Waals surface area contributed by atoms with E-state index in [4.69, 9.17) is 0 Å². The number of phenolic OH excluding ortho intramolecular Hbond substituents is 1. The monoisotopic (exact) mass is 410 g/mol. The van der Waals surface area contributed by atoms with E-state index in [-0.39, 0.29) is 23.8 Å². The summed E-state index contributed by atoms with van der Waals surface area (Å²) < 4.78 is 38.4. The summed E-state index contributed by atoms with van der Waals surface area (Å²) >= 11 is 1.08. The first kappa shape index (κ1) is 20.1. The lowest BCUT2D eigenvalue weighted by Crippen LogP contribution is -2.35. The van der Waals surface area contributed by atoms with Crippen molar-refractivity contribution in [2.75, 3.05) is 12.4 Å². The van der Waals surface area contributed by atoms with Crippen LogP contribution in [-0.2, 0) is 22.3 Å². The number of carbonyl (C=O) groups excluding carboxylic acids is 2. The van der Waals surface area contributed by atoms with Crippen LogP contribution in [0.5, 0.6) is 5.75 Å². The van der Waals surface area contributed by atoms with E-state index in [1.165, 1.54) is 23.1 Å². The summed E-state index contributed by atoms with van der Waals surface area (Å²) in [5, 5.41) is 11.0. The van der Waals surface area contributed by atoms with Gasteiger partial charge in [-0.05, 0) is 35.9 Å². The van der Waals surface area contributed by atoms with Gasteiger partial charge in [0.15, 0.2) is 0 Å². The molecule has 5 nitrogen and oxygen atoms in total. The van der Waals surface area contributed by atoms with Crippen LogP contribution in [0.1, 0.15) is 17.5 Å². The highest BCUT2D eigenvalue weighted by molar-refractivity contribution is 8.01. The number of hydrogen-bond acceptors (Lipinski definition) is 4. The number of alkyl halides is 3. The molecule has 0 aromatic heterocycles. The minimum absolute atomic E-state index is 0.0778. The Morgan fingerprint density at radius 2 is 1.89 bits per heavy atom. The van der Waals surface area contributed by atoms with Crippen LogP contribution in [0.2, 0.25) is 0 Å². The molecule has 3 rings (SSSR count). The maximum absolute atomic E-state index is 12.8. The smallest absolute Gasteiger partial charge is 0.416 e. The number of nitrogens with one attached hydrogen (secondary N) is 1. The van der Waals surface area contributed by atoms with Crippen LogP contribution in [0.25, 0.3) is 0 Å². The summed E-state index contributed by atoms with van der Waals surface area (Å²) in [5.74, 6) is -0.639. The fourth-order valence-electron chi connectivity index (χ4n) is 2.74. The molecule has 2 aromatic rings. The zero-order valence-electron chi connectivity index (χ0n) is 14.8. The first-order chi connectivity index (χ1) is 13.1. The normalized spacial score (nSPS) is 16.3. The molecule has 1 heterocycles. The van der Waals surface area contributed by atoms with Crippen LogP contribution in [0.15, 0.2) is 47.4 Å². The van der Waals surface area contributed by atoms with Crippen molar-refractivity contribution in [1.29, 1.82) is 0 Å². The second-order valence-corrected chi connectivity index (χ2v) is 7.67. The SMILES string of the molecule is CN(Cc1ccc(O)cc1)C(=O)CC1Sc2ccc(C(F)(F)F)cc2NC1=O. The summed E-state index contributed by atoms with van der Waals surface area (Å²) in [7, 11) is 1.60. The Morgan fingerprint density at radius 1 is 1.21 bits per heavy atom. The number of benzene rings is 2. The molecule has 2 aromatic carbocycles. The van der Waals surface area contributed by atoms with E-state index in [0.717, 1.165) is 29.5 Å². The highest BCUT2D eigenvalue weighted by Gasteiger charge is 2.34. The topological polar surface area (TPSA) is 69.6 Å². The molecule has 0 saturated heterocycles. The molecule has 2 amide bonds. The third-order valence-corrected chi connectivity index (χ3v) is 5.54. The Hall–Kier alpha value is -2.68.